The molecular formula is C14H18N4O2. The first-order chi connectivity index (χ1) is 9.69. The molecule has 1 aromatic heterocycles. The first-order valence-electron chi connectivity index (χ1n) is 6.68. The summed E-state index contributed by atoms with van der Waals surface area (Å²) in [6.45, 7) is 5.86. The van der Waals surface area contributed by atoms with Crippen LogP contribution in [0.5, 0.6) is 0 Å². The quantitative estimate of drug-likeness (QED) is 0.813. The van der Waals surface area contributed by atoms with Gasteiger partial charge < -0.3 is 15.0 Å². The number of anilines is 1. The van der Waals surface area contributed by atoms with Crippen LogP contribution in [-0.2, 0) is 9.53 Å². The minimum Gasteiger partial charge on any atom is -0.464 e. The lowest BCUT2D eigenvalue weighted by atomic mass is 10.1. The highest BCUT2D eigenvalue weighted by molar-refractivity contribution is 5.81. The van der Waals surface area contributed by atoms with E-state index in [2.05, 4.69) is 16.4 Å². The van der Waals surface area contributed by atoms with E-state index in [0.717, 1.165) is 12.1 Å². The largest absolute Gasteiger partial charge is 0.464 e. The van der Waals surface area contributed by atoms with Crippen LogP contribution in [0.4, 0.5) is 5.82 Å². The third-order valence-corrected chi connectivity index (χ3v) is 3.33. The topological polar surface area (TPSA) is 78.2 Å². The number of carbonyl (C=O) groups excluding carboxylic acids is 1. The molecule has 0 spiro atoms. The molecule has 1 fully saturated rings. The van der Waals surface area contributed by atoms with Gasteiger partial charge in [0.15, 0.2) is 0 Å². The molecule has 20 heavy (non-hydrogen) atoms. The molecule has 2 heterocycles. The Morgan fingerprint density at radius 2 is 2.50 bits per heavy atom. The van der Waals surface area contributed by atoms with Crippen LogP contribution >= 0.6 is 0 Å². The third-order valence-electron chi connectivity index (χ3n) is 3.33. The Morgan fingerprint density at radius 1 is 1.70 bits per heavy atom. The van der Waals surface area contributed by atoms with Gasteiger partial charge in [0.25, 0.3) is 0 Å². The number of nitrogens with zero attached hydrogens (tertiary/aromatic N) is 3. The van der Waals surface area contributed by atoms with Crippen molar-refractivity contribution in [3.05, 3.63) is 23.4 Å². The van der Waals surface area contributed by atoms with Crippen LogP contribution in [0.3, 0.4) is 0 Å². The number of pyridine rings is 1. The molecule has 0 bridgehead atoms. The fraction of sp³-hybridized carbons (Fsp3) is 0.500. The molecule has 0 radical (unpaired) electrons. The van der Waals surface area contributed by atoms with Crippen LogP contribution in [0.15, 0.2) is 12.3 Å². The van der Waals surface area contributed by atoms with Crippen LogP contribution in [0, 0.1) is 18.3 Å². The number of hydrogen-bond acceptors (Lipinski definition) is 6. The van der Waals surface area contributed by atoms with E-state index >= 15 is 0 Å². The minimum absolute atomic E-state index is 0.285. The van der Waals surface area contributed by atoms with Gasteiger partial charge >= 0.3 is 5.97 Å². The van der Waals surface area contributed by atoms with Crippen molar-refractivity contribution in [2.45, 2.75) is 19.9 Å². The van der Waals surface area contributed by atoms with Gasteiger partial charge in [-0.05, 0) is 25.5 Å². The van der Waals surface area contributed by atoms with Gasteiger partial charge in [0.05, 0.1) is 12.2 Å². The van der Waals surface area contributed by atoms with Crippen LogP contribution < -0.4 is 10.2 Å². The number of nitrogens with one attached hydrogen (secondary N) is 1. The summed E-state index contributed by atoms with van der Waals surface area (Å²) < 4.78 is 5.11. The van der Waals surface area contributed by atoms with Gasteiger partial charge in [-0.1, -0.05) is 0 Å². The summed E-state index contributed by atoms with van der Waals surface area (Å²) in [5, 5.41) is 12.5. The molecule has 6 heteroatoms. The van der Waals surface area contributed by atoms with Crippen molar-refractivity contribution >= 4 is 11.8 Å². The molecule has 0 saturated carbocycles. The second-order valence-electron chi connectivity index (χ2n) is 4.60. The maximum absolute atomic E-state index is 12.1. The maximum Gasteiger partial charge on any atom is 0.330 e. The highest BCUT2D eigenvalue weighted by Gasteiger charge is 2.32. The van der Waals surface area contributed by atoms with Gasteiger partial charge in [-0.3, -0.25) is 0 Å². The molecule has 2 rings (SSSR count). The predicted octanol–water partition coefficient (Wildman–Crippen LogP) is 0.603. The smallest absolute Gasteiger partial charge is 0.330 e. The average molecular weight is 274 g/mol. The monoisotopic (exact) mass is 274 g/mol. The molecule has 1 N–H and O–H groups in total. The van der Waals surface area contributed by atoms with Crippen LogP contribution in [-0.4, -0.2) is 43.2 Å². The zero-order valence-electron chi connectivity index (χ0n) is 11.7. The van der Waals surface area contributed by atoms with Crippen molar-refractivity contribution in [2.75, 3.05) is 31.1 Å². The fourth-order valence-electron chi connectivity index (χ4n) is 2.31. The molecule has 0 aromatic carbocycles. The summed E-state index contributed by atoms with van der Waals surface area (Å²) in [7, 11) is 0. The van der Waals surface area contributed by atoms with E-state index < -0.39 is 6.04 Å². The van der Waals surface area contributed by atoms with Gasteiger partial charge in [-0.15, -0.1) is 0 Å². The zero-order valence-corrected chi connectivity index (χ0v) is 11.7. The SMILES string of the molecule is CCOC(=O)C1CNCCN1c1nccc(C)c1C#N. The van der Waals surface area contributed by atoms with Crippen LogP contribution in [0.1, 0.15) is 18.1 Å². The number of esters is 1. The van der Waals surface area contributed by atoms with E-state index in [4.69, 9.17) is 4.74 Å². The van der Waals surface area contributed by atoms with Crippen molar-refractivity contribution < 1.29 is 9.53 Å². The summed E-state index contributed by atoms with van der Waals surface area (Å²) >= 11 is 0. The highest BCUT2D eigenvalue weighted by Crippen LogP contribution is 2.23. The predicted molar refractivity (Wildman–Crippen MR) is 74.3 cm³/mol. The average Bonchev–Trinajstić information content (AvgIpc) is 2.47. The molecule has 1 saturated heterocycles. The van der Waals surface area contributed by atoms with Crippen molar-refractivity contribution in [3.63, 3.8) is 0 Å². The molecule has 1 aliphatic heterocycles. The first-order valence-corrected chi connectivity index (χ1v) is 6.68. The van der Waals surface area contributed by atoms with Gasteiger partial charge in [0, 0.05) is 25.8 Å². The van der Waals surface area contributed by atoms with E-state index in [0.29, 0.717) is 31.1 Å². The summed E-state index contributed by atoms with van der Waals surface area (Å²) in [6, 6.07) is 3.53. The molecule has 1 unspecified atom stereocenters. The normalized spacial score (nSPS) is 18.4. The molecule has 6 nitrogen and oxygen atoms in total. The number of nitriles is 1. The Morgan fingerprint density at radius 3 is 3.20 bits per heavy atom. The second-order valence-corrected chi connectivity index (χ2v) is 4.60. The Balaban J connectivity index is 2.36. The Labute approximate surface area is 118 Å². The van der Waals surface area contributed by atoms with Crippen molar-refractivity contribution in [1.82, 2.24) is 10.3 Å². The lowest BCUT2D eigenvalue weighted by Crippen LogP contribution is -2.56. The molecule has 1 aliphatic rings. The summed E-state index contributed by atoms with van der Waals surface area (Å²) in [5.41, 5.74) is 1.38. The molecule has 1 atom stereocenters. The number of aryl methyl sites for hydroxylation is 1. The van der Waals surface area contributed by atoms with Gasteiger partial charge in [0.2, 0.25) is 0 Å². The van der Waals surface area contributed by atoms with E-state index in [1.165, 1.54) is 0 Å². The first kappa shape index (κ1) is 14.3. The summed E-state index contributed by atoms with van der Waals surface area (Å²) in [6.07, 6.45) is 1.66. The van der Waals surface area contributed by atoms with Crippen molar-refractivity contribution in [1.29, 1.82) is 5.26 Å². The highest BCUT2D eigenvalue weighted by atomic mass is 16.5. The number of aromatic nitrogens is 1. The summed E-state index contributed by atoms with van der Waals surface area (Å²) in [5.74, 6) is 0.277. The third kappa shape index (κ3) is 2.73. The number of ether oxygens (including phenoxy) is 1. The maximum atomic E-state index is 12.1. The van der Waals surface area contributed by atoms with E-state index in [1.54, 1.807) is 19.2 Å². The molecular weight excluding hydrogens is 256 g/mol. The fourth-order valence-corrected chi connectivity index (χ4v) is 2.31. The van der Waals surface area contributed by atoms with Crippen LogP contribution in [0.2, 0.25) is 0 Å². The molecule has 1 aromatic rings. The molecule has 106 valence electrons. The number of rotatable bonds is 3. The lowest BCUT2D eigenvalue weighted by molar-refractivity contribution is -0.144. The van der Waals surface area contributed by atoms with E-state index in [1.807, 2.05) is 11.8 Å². The van der Waals surface area contributed by atoms with Crippen molar-refractivity contribution in [3.8, 4) is 6.07 Å². The Hall–Kier alpha value is -2.13. The Bertz CT molecular complexity index is 538. The number of piperazine rings is 1. The standard InChI is InChI=1S/C14H18N4O2/c1-3-20-14(19)12-9-16-6-7-18(12)13-11(8-15)10(2)4-5-17-13/h4-5,12,16H,3,6-7,9H2,1-2H3. The van der Waals surface area contributed by atoms with Gasteiger partial charge in [0.1, 0.15) is 17.9 Å². The zero-order chi connectivity index (χ0) is 14.5. The van der Waals surface area contributed by atoms with Crippen LogP contribution in [0.25, 0.3) is 0 Å². The number of carbonyl (C=O) groups is 1. The summed E-state index contributed by atoms with van der Waals surface area (Å²) in [4.78, 5) is 18.2. The number of hydrogen-bond donors (Lipinski definition) is 1. The molecule has 0 amide bonds. The second kappa shape index (κ2) is 6.35. The molecule has 0 aliphatic carbocycles. The minimum atomic E-state index is -0.440. The van der Waals surface area contributed by atoms with E-state index in [-0.39, 0.29) is 5.97 Å². The van der Waals surface area contributed by atoms with Gasteiger partial charge in [-0.2, -0.15) is 5.26 Å². The lowest BCUT2D eigenvalue weighted by Gasteiger charge is -2.35. The Kier molecular flexibility index (Phi) is 4.53. The van der Waals surface area contributed by atoms with Gasteiger partial charge in [-0.25, -0.2) is 9.78 Å². The van der Waals surface area contributed by atoms with E-state index in [9.17, 15) is 10.1 Å². The van der Waals surface area contributed by atoms with Crippen molar-refractivity contribution in [2.24, 2.45) is 0 Å².